The number of aromatic nitrogens is 1. The molecule has 0 bridgehead atoms. The molecule has 120 valence electrons. The van der Waals surface area contributed by atoms with Crippen molar-refractivity contribution in [3.05, 3.63) is 65.0 Å². The monoisotopic (exact) mass is 328 g/mol. The van der Waals surface area contributed by atoms with Crippen LogP contribution in [0.4, 0.5) is 0 Å². The molecule has 1 amide bonds. The van der Waals surface area contributed by atoms with Crippen molar-refractivity contribution >= 4 is 17.7 Å². The highest BCUT2D eigenvalue weighted by Gasteiger charge is 2.25. The Morgan fingerprint density at radius 3 is 2.91 bits per heavy atom. The van der Waals surface area contributed by atoms with E-state index in [0.29, 0.717) is 5.03 Å². The predicted octanol–water partition coefficient (Wildman–Crippen LogP) is 2.99. The lowest BCUT2D eigenvalue weighted by molar-refractivity contribution is -0.645. The molecule has 0 radical (unpaired) electrons. The van der Waals surface area contributed by atoms with Gasteiger partial charge in [0.25, 0.3) is 5.03 Å². The van der Waals surface area contributed by atoms with Gasteiger partial charge in [0.2, 0.25) is 5.91 Å². The van der Waals surface area contributed by atoms with Crippen LogP contribution in [-0.4, -0.2) is 11.2 Å². The van der Waals surface area contributed by atoms with Gasteiger partial charge >= 0.3 is 0 Å². The number of fused-ring (bicyclic) bond motifs is 1. The van der Waals surface area contributed by atoms with Crippen molar-refractivity contribution < 1.29 is 9.52 Å². The van der Waals surface area contributed by atoms with Gasteiger partial charge < -0.3 is 10.5 Å². The van der Waals surface area contributed by atoms with Crippen LogP contribution >= 0.6 is 11.8 Å². The van der Waals surface area contributed by atoms with Crippen LogP contribution < -0.4 is 10.0 Å². The number of pyridine rings is 1. The summed E-state index contributed by atoms with van der Waals surface area (Å²) in [5.41, 5.74) is 2.55. The Kier molecular flexibility index (Phi) is 4.86. The van der Waals surface area contributed by atoms with Gasteiger partial charge in [0, 0.05) is 12.1 Å². The Morgan fingerprint density at radius 2 is 2.09 bits per heavy atom. The first-order valence-corrected chi connectivity index (χ1v) is 8.76. The van der Waals surface area contributed by atoms with Gasteiger partial charge in [-0.15, -0.1) is 0 Å². The highest BCUT2D eigenvalue weighted by Crippen LogP contribution is 2.30. The lowest BCUT2D eigenvalue weighted by Crippen LogP contribution is -2.37. The Bertz CT molecular complexity index is 705. The van der Waals surface area contributed by atoms with Gasteiger partial charge in [0.05, 0.1) is 11.3 Å². The highest BCUT2D eigenvalue weighted by molar-refractivity contribution is 8.00. The van der Waals surface area contributed by atoms with E-state index in [4.69, 9.17) is 0 Å². The number of benzene rings is 1. The normalized spacial score (nSPS) is 18.0. The number of hydrogen-bond donors (Lipinski definition) is 1. The molecule has 1 N–H and O–H groups in total. The average Bonchev–Trinajstić information content (AvgIpc) is 2.57. The smallest absolute Gasteiger partial charge is 0.252 e. The second kappa shape index (κ2) is 7.04. The van der Waals surface area contributed by atoms with Gasteiger partial charge in [-0.1, -0.05) is 24.3 Å². The minimum Gasteiger partial charge on any atom is -0.618 e. The van der Waals surface area contributed by atoms with E-state index in [-0.39, 0.29) is 17.2 Å². The number of carbonyl (C=O) groups excluding carboxylic acids is 1. The lowest BCUT2D eigenvalue weighted by atomic mass is 9.88. The first-order valence-electron chi connectivity index (χ1n) is 7.88. The molecule has 0 unspecified atom stereocenters. The third-order valence-electron chi connectivity index (χ3n) is 4.14. The Balaban J connectivity index is 1.67. The topological polar surface area (TPSA) is 56.0 Å². The van der Waals surface area contributed by atoms with Crippen LogP contribution in [0.1, 0.15) is 36.9 Å². The van der Waals surface area contributed by atoms with Crippen molar-refractivity contribution in [3.8, 4) is 0 Å². The summed E-state index contributed by atoms with van der Waals surface area (Å²) in [5, 5.41) is 15.1. The summed E-state index contributed by atoms with van der Waals surface area (Å²) in [4.78, 5) is 12.5. The molecule has 4 nitrogen and oxygen atoms in total. The Morgan fingerprint density at radius 1 is 1.30 bits per heavy atom. The molecule has 1 aromatic carbocycles. The average molecular weight is 328 g/mol. The third-order valence-corrected chi connectivity index (χ3v) is 5.27. The van der Waals surface area contributed by atoms with Crippen molar-refractivity contribution in [2.24, 2.45) is 0 Å². The van der Waals surface area contributed by atoms with Crippen LogP contribution in [0.5, 0.6) is 0 Å². The van der Waals surface area contributed by atoms with Crippen LogP contribution in [-0.2, 0) is 11.2 Å². The third kappa shape index (κ3) is 3.67. The molecule has 2 atom stereocenters. The van der Waals surface area contributed by atoms with Crippen LogP contribution in [0.25, 0.3) is 0 Å². The molecular weight excluding hydrogens is 308 g/mol. The second-order valence-corrected chi connectivity index (χ2v) is 7.14. The van der Waals surface area contributed by atoms with Gasteiger partial charge in [-0.05, 0) is 55.1 Å². The van der Waals surface area contributed by atoms with E-state index >= 15 is 0 Å². The molecule has 1 aromatic heterocycles. The maximum absolute atomic E-state index is 12.5. The maximum Gasteiger partial charge on any atom is 0.252 e. The summed E-state index contributed by atoms with van der Waals surface area (Å²) in [6.07, 6.45) is 4.58. The van der Waals surface area contributed by atoms with E-state index in [9.17, 15) is 10.0 Å². The molecule has 0 saturated carbocycles. The molecule has 0 fully saturated rings. The predicted molar refractivity (Wildman–Crippen MR) is 91.0 cm³/mol. The van der Waals surface area contributed by atoms with Crippen molar-refractivity contribution in [3.63, 3.8) is 0 Å². The zero-order valence-corrected chi connectivity index (χ0v) is 13.9. The van der Waals surface area contributed by atoms with Gasteiger partial charge in [-0.25, -0.2) is 0 Å². The molecule has 0 spiro atoms. The standard InChI is InChI=1S/C18H20N2O2S/c1-13(23-17-11-4-5-12-20(17)22)18(21)19-16-10-6-8-14-7-2-3-9-15(14)16/h2-5,7,9,11-13,16H,6,8,10H2,1H3,(H,19,21)/t13-,16+/m1/s1. The van der Waals surface area contributed by atoms with Gasteiger partial charge in [0.15, 0.2) is 6.20 Å². The molecule has 23 heavy (non-hydrogen) atoms. The minimum atomic E-state index is -0.313. The van der Waals surface area contributed by atoms with Crippen LogP contribution in [0.15, 0.2) is 53.7 Å². The Labute approximate surface area is 140 Å². The van der Waals surface area contributed by atoms with Gasteiger partial charge in [-0.2, -0.15) is 4.73 Å². The fourth-order valence-corrected chi connectivity index (χ4v) is 3.79. The molecule has 0 saturated heterocycles. The number of nitrogens with one attached hydrogen (secondary N) is 1. The summed E-state index contributed by atoms with van der Waals surface area (Å²) in [5.74, 6) is -0.0273. The highest BCUT2D eigenvalue weighted by atomic mass is 32.2. The van der Waals surface area contributed by atoms with E-state index in [1.165, 1.54) is 29.1 Å². The molecule has 0 aliphatic heterocycles. The first kappa shape index (κ1) is 15.9. The van der Waals surface area contributed by atoms with Crippen LogP contribution in [0.3, 0.4) is 0 Å². The summed E-state index contributed by atoms with van der Waals surface area (Å²) >= 11 is 1.29. The summed E-state index contributed by atoms with van der Waals surface area (Å²) in [7, 11) is 0. The molecule has 1 heterocycles. The zero-order valence-electron chi connectivity index (χ0n) is 13.1. The Hall–Kier alpha value is -2.01. The number of carbonyl (C=O) groups is 1. The van der Waals surface area contributed by atoms with E-state index in [1.54, 1.807) is 18.2 Å². The molecule has 1 aliphatic rings. The number of rotatable bonds is 4. The molecule has 1 aliphatic carbocycles. The SMILES string of the molecule is C[C@@H](Sc1cccc[n+]1[O-])C(=O)N[C@H]1CCCc2ccccc21. The molecule has 3 rings (SSSR count). The van der Waals surface area contributed by atoms with Crippen LogP contribution in [0.2, 0.25) is 0 Å². The van der Waals surface area contributed by atoms with Crippen molar-refractivity contribution in [1.82, 2.24) is 5.32 Å². The van der Waals surface area contributed by atoms with Crippen molar-refractivity contribution in [1.29, 1.82) is 0 Å². The summed E-state index contributed by atoms with van der Waals surface area (Å²) in [6, 6.07) is 13.6. The number of amides is 1. The summed E-state index contributed by atoms with van der Waals surface area (Å²) < 4.78 is 0.796. The van der Waals surface area contributed by atoms with E-state index in [2.05, 4.69) is 17.4 Å². The fourth-order valence-electron chi connectivity index (χ4n) is 2.93. The van der Waals surface area contributed by atoms with E-state index < -0.39 is 0 Å². The minimum absolute atomic E-state index is 0.0273. The van der Waals surface area contributed by atoms with Gasteiger partial charge in [0.1, 0.15) is 0 Å². The number of nitrogens with zero attached hydrogens (tertiary/aromatic N) is 1. The lowest BCUT2D eigenvalue weighted by Gasteiger charge is -2.27. The number of thioether (sulfide) groups is 1. The van der Waals surface area contributed by atoms with Gasteiger partial charge in [-0.3, -0.25) is 4.79 Å². The second-order valence-electron chi connectivity index (χ2n) is 5.78. The van der Waals surface area contributed by atoms with Crippen LogP contribution in [0, 0.1) is 5.21 Å². The zero-order chi connectivity index (χ0) is 16.2. The summed E-state index contributed by atoms with van der Waals surface area (Å²) in [6.45, 7) is 1.84. The van der Waals surface area contributed by atoms with E-state index in [0.717, 1.165) is 24.0 Å². The molecular formula is C18H20N2O2S. The van der Waals surface area contributed by atoms with Crippen molar-refractivity contribution in [2.75, 3.05) is 0 Å². The van der Waals surface area contributed by atoms with E-state index in [1.807, 2.05) is 19.1 Å². The number of hydrogen-bond acceptors (Lipinski definition) is 3. The fraction of sp³-hybridized carbons (Fsp3) is 0.333. The van der Waals surface area contributed by atoms with Crippen molar-refractivity contribution in [2.45, 2.75) is 42.5 Å². The molecule has 2 aromatic rings. The maximum atomic E-state index is 12.5. The molecule has 5 heteroatoms. The number of aryl methyl sites for hydroxylation is 1. The quantitative estimate of drug-likeness (QED) is 0.533. The first-order chi connectivity index (χ1) is 11.1. The largest absolute Gasteiger partial charge is 0.618 e.